The van der Waals surface area contributed by atoms with Crippen molar-refractivity contribution < 1.29 is 15.0 Å². The van der Waals surface area contributed by atoms with Gasteiger partial charge in [-0.25, -0.2) is 0 Å². The molecule has 134 valence electrons. The molecule has 26 heavy (non-hydrogen) atoms. The Labute approximate surface area is 152 Å². The van der Waals surface area contributed by atoms with E-state index in [0.717, 1.165) is 38.9 Å². The van der Waals surface area contributed by atoms with E-state index < -0.39 is 11.5 Å². The molecular weight excluding hydrogens is 326 g/mol. The fraction of sp³-hybridized carbons (Fsp3) is 0.318. The summed E-state index contributed by atoms with van der Waals surface area (Å²) in [6.07, 6.45) is -0.946. The van der Waals surface area contributed by atoms with E-state index in [1.807, 2.05) is 38.1 Å². The maximum absolute atomic E-state index is 13.3. The summed E-state index contributed by atoms with van der Waals surface area (Å²) in [7, 11) is 0. The van der Waals surface area contributed by atoms with E-state index in [4.69, 9.17) is 0 Å². The minimum atomic E-state index is -0.946. The molecule has 0 fully saturated rings. The number of benzene rings is 2. The first-order chi connectivity index (χ1) is 12.3. The van der Waals surface area contributed by atoms with Gasteiger partial charge in [0.25, 0.3) is 0 Å². The molecule has 0 radical (unpaired) electrons. The number of hydrogen-bond acceptors (Lipinski definition) is 3. The third-order valence-corrected chi connectivity index (χ3v) is 5.66. The second kappa shape index (κ2) is 5.53. The minimum absolute atomic E-state index is 0.0116. The van der Waals surface area contributed by atoms with Crippen molar-refractivity contribution in [1.82, 2.24) is 4.98 Å². The zero-order valence-corrected chi connectivity index (χ0v) is 15.5. The number of fused-ring (bicyclic) bond motifs is 4. The largest absolute Gasteiger partial charge is 0.393 e. The molecule has 0 saturated carbocycles. The molecule has 1 heterocycles. The summed E-state index contributed by atoms with van der Waals surface area (Å²) in [5.74, 6) is 0.0116. The lowest BCUT2D eigenvalue weighted by molar-refractivity contribution is 0.0947. The summed E-state index contributed by atoms with van der Waals surface area (Å²) in [6, 6.07) is 9.83. The molecule has 0 aliphatic heterocycles. The van der Waals surface area contributed by atoms with Crippen molar-refractivity contribution in [3.05, 3.63) is 69.4 Å². The maximum atomic E-state index is 13.3. The summed E-state index contributed by atoms with van der Waals surface area (Å²) in [5.41, 5.74) is 6.39. The van der Waals surface area contributed by atoms with Crippen LogP contribution in [-0.2, 0) is 5.41 Å². The average Bonchev–Trinajstić information content (AvgIpc) is 2.98. The summed E-state index contributed by atoms with van der Waals surface area (Å²) >= 11 is 0. The Morgan fingerprint density at radius 2 is 1.88 bits per heavy atom. The second-order valence-corrected chi connectivity index (χ2v) is 7.83. The Hall–Kier alpha value is -2.43. The molecule has 0 amide bonds. The summed E-state index contributed by atoms with van der Waals surface area (Å²) in [5, 5.41) is 20.5. The van der Waals surface area contributed by atoms with Crippen molar-refractivity contribution >= 4 is 16.7 Å². The van der Waals surface area contributed by atoms with Crippen molar-refractivity contribution in [3.63, 3.8) is 0 Å². The van der Waals surface area contributed by atoms with Gasteiger partial charge in [-0.15, -0.1) is 0 Å². The molecule has 3 N–H and O–H groups in total. The lowest BCUT2D eigenvalue weighted by Crippen LogP contribution is -2.31. The van der Waals surface area contributed by atoms with Gasteiger partial charge in [-0.1, -0.05) is 32.0 Å². The molecule has 3 aromatic rings. The number of aromatic nitrogens is 1. The Balaban J connectivity index is 2.03. The first-order valence-electron chi connectivity index (χ1n) is 8.87. The van der Waals surface area contributed by atoms with E-state index in [9.17, 15) is 15.0 Å². The zero-order chi connectivity index (χ0) is 18.8. The van der Waals surface area contributed by atoms with Crippen LogP contribution in [0.1, 0.15) is 63.8 Å². The quantitative estimate of drug-likeness (QED) is 0.661. The Bertz CT molecular complexity index is 1060. The van der Waals surface area contributed by atoms with E-state index in [1.165, 1.54) is 0 Å². The lowest BCUT2D eigenvalue weighted by atomic mass is 9.70. The first-order valence-corrected chi connectivity index (χ1v) is 8.87. The van der Waals surface area contributed by atoms with Gasteiger partial charge in [0.2, 0.25) is 0 Å². The molecule has 4 rings (SSSR count). The number of ketones is 1. The van der Waals surface area contributed by atoms with Gasteiger partial charge < -0.3 is 15.2 Å². The molecule has 1 aliphatic carbocycles. The Morgan fingerprint density at radius 1 is 1.15 bits per heavy atom. The number of aryl methyl sites for hydroxylation is 2. The van der Waals surface area contributed by atoms with Gasteiger partial charge in [-0.3, -0.25) is 4.79 Å². The van der Waals surface area contributed by atoms with Crippen molar-refractivity contribution in [3.8, 4) is 0 Å². The SMILES string of the molecule is Cc1ccc2c3c([nH]c2c1)C(C)(C)c1cc([C@H](O)CO)c(C)cc1C3=O. The van der Waals surface area contributed by atoms with Crippen LogP contribution in [0.25, 0.3) is 10.9 Å². The van der Waals surface area contributed by atoms with E-state index in [0.29, 0.717) is 11.1 Å². The highest BCUT2D eigenvalue weighted by molar-refractivity contribution is 6.20. The Kier molecular flexibility index (Phi) is 3.62. The summed E-state index contributed by atoms with van der Waals surface area (Å²) in [6.45, 7) is 7.73. The van der Waals surface area contributed by atoms with E-state index in [2.05, 4.69) is 24.9 Å². The van der Waals surface area contributed by atoms with Gasteiger partial charge >= 0.3 is 0 Å². The van der Waals surface area contributed by atoms with Gasteiger partial charge in [0.05, 0.1) is 12.2 Å². The molecule has 1 aromatic heterocycles. The summed E-state index contributed by atoms with van der Waals surface area (Å²) in [4.78, 5) is 16.8. The van der Waals surface area contributed by atoms with Gasteiger partial charge in [0.15, 0.2) is 5.78 Å². The van der Waals surface area contributed by atoms with Crippen LogP contribution < -0.4 is 0 Å². The van der Waals surface area contributed by atoms with E-state index in [-0.39, 0.29) is 12.4 Å². The van der Waals surface area contributed by atoms with E-state index in [1.54, 1.807) is 0 Å². The van der Waals surface area contributed by atoms with E-state index >= 15 is 0 Å². The van der Waals surface area contributed by atoms with Crippen molar-refractivity contribution in [1.29, 1.82) is 0 Å². The van der Waals surface area contributed by atoms with Crippen LogP contribution in [0.15, 0.2) is 30.3 Å². The fourth-order valence-electron chi connectivity index (χ4n) is 4.17. The molecule has 1 aliphatic rings. The standard InChI is InChI=1S/C22H23NO3/c1-11-5-6-13-17(7-11)23-21-19(13)20(26)15-8-12(2)14(18(25)10-24)9-16(15)22(21,3)4/h5-9,18,23-25H,10H2,1-4H3/t18-/m1/s1. The number of rotatable bonds is 2. The highest BCUT2D eigenvalue weighted by Gasteiger charge is 2.40. The number of H-pyrrole nitrogens is 1. The predicted octanol–water partition coefficient (Wildman–Crippen LogP) is 3.68. The number of carbonyl (C=O) groups is 1. The number of aromatic amines is 1. The minimum Gasteiger partial charge on any atom is -0.393 e. The van der Waals surface area contributed by atoms with Crippen LogP contribution in [-0.4, -0.2) is 27.6 Å². The smallest absolute Gasteiger partial charge is 0.195 e. The lowest BCUT2D eigenvalue weighted by Gasteiger charge is -2.33. The molecule has 0 spiro atoms. The van der Waals surface area contributed by atoms with Crippen LogP contribution in [0, 0.1) is 13.8 Å². The van der Waals surface area contributed by atoms with Gasteiger partial charge in [-0.05, 0) is 48.2 Å². The number of nitrogens with one attached hydrogen (secondary N) is 1. The summed E-state index contributed by atoms with van der Waals surface area (Å²) < 4.78 is 0. The zero-order valence-electron chi connectivity index (χ0n) is 15.5. The van der Waals surface area contributed by atoms with Crippen LogP contribution in [0.3, 0.4) is 0 Å². The van der Waals surface area contributed by atoms with Crippen molar-refractivity contribution in [2.45, 2.75) is 39.2 Å². The number of carbonyl (C=O) groups excluding carboxylic acids is 1. The molecule has 4 nitrogen and oxygen atoms in total. The molecule has 4 heteroatoms. The third-order valence-electron chi connectivity index (χ3n) is 5.66. The van der Waals surface area contributed by atoms with Crippen LogP contribution in [0.2, 0.25) is 0 Å². The third kappa shape index (κ3) is 2.19. The van der Waals surface area contributed by atoms with Gasteiger partial charge in [0.1, 0.15) is 6.10 Å². The number of aliphatic hydroxyl groups excluding tert-OH is 2. The molecule has 2 aromatic carbocycles. The first kappa shape index (κ1) is 17.0. The van der Waals surface area contributed by atoms with Gasteiger partial charge in [0, 0.05) is 27.6 Å². The molecular formula is C22H23NO3. The van der Waals surface area contributed by atoms with Gasteiger partial charge in [-0.2, -0.15) is 0 Å². The van der Waals surface area contributed by atoms with Crippen molar-refractivity contribution in [2.75, 3.05) is 6.61 Å². The normalized spacial score (nSPS) is 16.5. The average molecular weight is 349 g/mol. The number of hydrogen-bond donors (Lipinski definition) is 3. The van der Waals surface area contributed by atoms with Crippen LogP contribution in [0.4, 0.5) is 0 Å². The maximum Gasteiger partial charge on any atom is 0.195 e. The topological polar surface area (TPSA) is 73.3 Å². The molecule has 0 unspecified atom stereocenters. The monoisotopic (exact) mass is 349 g/mol. The fourth-order valence-corrected chi connectivity index (χ4v) is 4.17. The number of aliphatic hydroxyl groups is 2. The van der Waals surface area contributed by atoms with Crippen molar-refractivity contribution in [2.24, 2.45) is 0 Å². The predicted molar refractivity (Wildman–Crippen MR) is 102 cm³/mol. The molecule has 0 bridgehead atoms. The van der Waals surface area contributed by atoms with Crippen LogP contribution in [0.5, 0.6) is 0 Å². The second-order valence-electron chi connectivity index (χ2n) is 7.83. The van der Waals surface area contributed by atoms with Crippen LogP contribution >= 0.6 is 0 Å². The molecule has 1 atom stereocenters. The highest BCUT2D eigenvalue weighted by atomic mass is 16.3. The Morgan fingerprint density at radius 3 is 2.58 bits per heavy atom. The highest BCUT2D eigenvalue weighted by Crippen LogP contribution is 2.44. The molecule has 0 saturated heterocycles.